The van der Waals surface area contributed by atoms with Crippen LogP contribution in [0.3, 0.4) is 0 Å². The molecule has 0 radical (unpaired) electrons. The van der Waals surface area contributed by atoms with Crippen LogP contribution < -0.4 is 5.32 Å². The van der Waals surface area contributed by atoms with Crippen molar-refractivity contribution in [3.8, 4) is 6.07 Å². The van der Waals surface area contributed by atoms with Gasteiger partial charge in [0.25, 0.3) is 0 Å². The molecule has 1 aliphatic heterocycles. The third-order valence-electron chi connectivity index (χ3n) is 3.58. The fraction of sp³-hybridized carbons (Fsp3) is 0.312. The summed E-state index contributed by atoms with van der Waals surface area (Å²) in [6.07, 6.45) is 3.15. The Morgan fingerprint density at radius 2 is 2.05 bits per heavy atom. The van der Waals surface area contributed by atoms with Gasteiger partial charge in [-0.15, -0.1) is 0 Å². The van der Waals surface area contributed by atoms with Crippen molar-refractivity contribution >= 4 is 17.9 Å². The van der Waals surface area contributed by atoms with Crippen molar-refractivity contribution in [3.05, 3.63) is 41.5 Å². The molecule has 2 rings (SSSR count). The Kier molecular flexibility index (Phi) is 4.08. The van der Waals surface area contributed by atoms with Gasteiger partial charge in [0.15, 0.2) is 0 Å². The number of piperazine rings is 1. The van der Waals surface area contributed by atoms with Gasteiger partial charge in [0.1, 0.15) is 5.54 Å². The van der Waals surface area contributed by atoms with Gasteiger partial charge in [-0.05, 0) is 37.6 Å². The Morgan fingerprint density at radius 3 is 2.67 bits per heavy atom. The fourth-order valence-corrected chi connectivity index (χ4v) is 2.21. The summed E-state index contributed by atoms with van der Waals surface area (Å²) < 4.78 is 0. The lowest BCUT2D eigenvalue weighted by atomic mass is 9.98. The molecule has 1 fully saturated rings. The van der Waals surface area contributed by atoms with Crippen LogP contribution >= 0.6 is 0 Å². The molecule has 5 heteroatoms. The van der Waals surface area contributed by atoms with Crippen molar-refractivity contribution in [2.24, 2.45) is 0 Å². The van der Waals surface area contributed by atoms with Crippen LogP contribution in [0.25, 0.3) is 6.08 Å². The lowest BCUT2D eigenvalue weighted by molar-refractivity contribution is -0.146. The van der Waals surface area contributed by atoms with E-state index in [1.165, 1.54) is 6.08 Å². The van der Waals surface area contributed by atoms with Crippen molar-refractivity contribution in [2.45, 2.75) is 19.4 Å². The van der Waals surface area contributed by atoms with E-state index >= 15 is 0 Å². The van der Waals surface area contributed by atoms with Gasteiger partial charge in [0, 0.05) is 19.2 Å². The molecule has 1 aromatic carbocycles. The second-order valence-corrected chi connectivity index (χ2v) is 5.37. The highest BCUT2D eigenvalue weighted by Gasteiger charge is 2.39. The van der Waals surface area contributed by atoms with Gasteiger partial charge in [0.2, 0.25) is 11.8 Å². The van der Waals surface area contributed by atoms with E-state index in [0.717, 1.165) is 5.56 Å². The quantitative estimate of drug-likeness (QED) is 0.832. The van der Waals surface area contributed by atoms with Gasteiger partial charge >= 0.3 is 0 Å². The molecule has 1 aliphatic rings. The number of nitriles is 1. The highest BCUT2D eigenvalue weighted by molar-refractivity contribution is 5.97. The van der Waals surface area contributed by atoms with E-state index in [-0.39, 0.29) is 11.8 Å². The van der Waals surface area contributed by atoms with Crippen LogP contribution in [-0.4, -0.2) is 35.3 Å². The zero-order valence-corrected chi connectivity index (χ0v) is 12.1. The molecule has 1 N–H and O–H groups in total. The maximum absolute atomic E-state index is 12.3. The zero-order chi connectivity index (χ0) is 15.5. The lowest BCUT2D eigenvalue weighted by Gasteiger charge is -2.40. The smallest absolute Gasteiger partial charge is 0.247 e. The predicted octanol–water partition coefficient (Wildman–Crippen LogP) is 1.31. The number of hydrogen-bond donors (Lipinski definition) is 1. The summed E-state index contributed by atoms with van der Waals surface area (Å²) in [5, 5.41) is 11.5. The average Bonchev–Trinajstić information content (AvgIpc) is 2.48. The van der Waals surface area contributed by atoms with E-state index in [1.54, 1.807) is 49.1 Å². The molecular weight excluding hydrogens is 266 g/mol. The Hall–Kier alpha value is -2.61. The molecule has 2 amide bonds. The maximum atomic E-state index is 12.3. The first-order valence-corrected chi connectivity index (χ1v) is 6.73. The molecule has 1 saturated heterocycles. The first-order chi connectivity index (χ1) is 9.95. The number of carbonyl (C=O) groups is 2. The van der Waals surface area contributed by atoms with Crippen molar-refractivity contribution in [3.63, 3.8) is 0 Å². The summed E-state index contributed by atoms with van der Waals surface area (Å²) >= 11 is 0. The second kappa shape index (κ2) is 5.80. The van der Waals surface area contributed by atoms with Gasteiger partial charge in [0.05, 0.1) is 11.6 Å². The fourth-order valence-electron chi connectivity index (χ4n) is 2.21. The van der Waals surface area contributed by atoms with E-state index in [1.807, 2.05) is 6.07 Å². The molecule has 0 atom stereocenters. The van der Waals surface area contributed by atoms with Crippen molar-refractivity contribution in [1.82, 2.24) is 10.2 Å². The minimum atomic E-state index is -0.843. The molecule has 0 saturated carbocycles. The highest BCUT2D eigenvalue weighted by Crippen LogP contribution is 2.18. The minimum absolute atomic E-state index is 0.145. The Labute approximate surface area is 123 Å². The van der Waals surface area contributed by atoms with Crippen LogP contribution in [0.4, 0.5) is 0 Å². The van der Waals surface area contributed by atoms with Crippen LogP contribution in [0.1, 0.15) is 25.0 Å². The monoisotopic (exact) mass is 283 g/mol. The minimum Gasteiger partial charge on any atom is -0.352 e. The van der Waals surface area contributed by atoms with E-state index in [9.17, 15) is 9.59 Å². The van der Waals surface area contributed by atoms with Crippen LogP contribution in [0.2, 0.25) is 0 Å². The van der Waals surface area contributed by atoms with Crippen molar-refractivity contribution in [1.29, 1.82) is 5.26 Å². The number of benzene rings is 1. The third kappa shape index (κ3) is 3.11. The number of carbonyl (C=O) groups excluding carboxylic acids is 2. The first kappa shape index (κ1) is 14.8. The Bertz CT molecular complexity index is 624. The van der Waals surface area contributed by atoms with E-state index in [0.29, 0.717) is 18.7 Å². The summed E-state index contributed by atoms with van der Waals surface area (Å²) in [7, 11) is 0. The molecule has 0 spiro atoms. The van der Waals surface area contributed by atoms with Gasteiger partial charge in [-0.3, -0.25) is 9.59 Å². The number of hydrogen-bond acceptors (Lipinski definition) is 3. The van der Waals surface area contributed by atoms with E-state index in [2.05, 4.69) is 5.32 Å². The van der Waals surface area contributed by atoms with Crippen LogP contribution in [0, 0.1) is 11.3 Å². The third-order valence-corrected chi connectivity index (χ3v) is 3.58. The number of amides is 2. The molecular formula is C16H17N3O2. The Balaban J connectivity index is 2.11. The highest BCUT2D eigenvalue weighted by atomic mass is 16.2. The molecule has 108 valence electrons. The average molecular weight is 283 g/mol. The number of nitrogens with one attached hydrogen (secondary N) is 1. The molecule has 5 nitrogen and oxygen atoms in total. The van der Waals surface area contributed by atoms with Crippen LogP contribution in [-0.2, 0) is 9.59 Å². The molecule has 0 aliphatic carbocycles. The van der Waals surface area contributed by atoms with Crippen LogP contribution in [0.5, 0.6) is 0 Å². The van der Waals surface area contributed by atoms with Crippen molar-refractivity contribution < 1.29 is 9.59 Å². The Morgan fingerprint density at radius 1 is 1.38 bits per heavy atom. The molecule has 0 aromatic heterocycles. The van der Waals surface area contributed by atoms with E-state index < -0.39 is 5.54 Å². The van der Waals surface area contributed by atoms with Crippen LogP contribution in [0.15, 0.2) is 30.3 Å². The van der Waals surface area contributed by atoms with Gasteiger partial charge < -0.3 is 10.2 Å². The molecule has 21 heavy (non-hydrogen) atoms. The largest absolute Gasteiger partial charge is 0.352 e. The summed E-state index contributed by atoms with van der Waals surface area (Å²) in [6, 6.07) is 8.98. The lowest BCUT2D eigenvalue weighted by Crippen LogP contribution is -2.63. The summed E-state index contributed by atoms with van der Waals surface area (Å²) in [6.45, 7) is 4.43. The normalized spacial score (nSPS) is 17.4. The molecule has 1 aromatic rings. The summed E-state index contributed by atoms with van der Waals surface area (Å²) in [4.78, 5) is 25.6. The van der Waals surface area contributed by atoms with Crippen molar-refractivity contribution in [2.75, 3.05) is 13.1 Å². The van der Waals surface area contributed by atoms with E-state index in [4.69, 9.17) is 5.26 Å². The number of rotatable bonds is 2. The molecule has 0 bridgehead atoms. The molecule has 1 heterocycles. The number of nitrogens with zero attached hydrogens (tertiary/aromatic N) is 2. The standard InChI is InChI=1S/C16H17N3O2/c1-16(2)15(21)18-9-10-19(16)14(20)8-7-12-3-5-13(11-17)6-4-12/h3-8H,9-10H2,1-2H3,(H,18,21). The first-order valence-electron chi connectivity index (χ1n) is 6.73. The van der Waals surface area contributed by atoms with Gasteiger partial charge in [-0.25, -0.2) is 0 Å². The SMILES string of the molecule is CC1(C)C(=O)NCCN1C(=O)C=Cc1ccc(C#N)cc1. The maximum Gasteiger partial charge on any atom is 0.247 e. The summed E-state index contributed by atoms with van der Waals surface area (Å²) in [5.41, 5.74) is 0.568. The topological polar surface area (TPSA) is 73.2 Å². The van der Waals surface area contributed by atoms with Gasteiger partial charge in [-0.1, -0.05) is 12.1 Å². The zero-order valence-electron chi connectivity index (χ0n) is 12.1. The second-order valence-electron chi connectivity index (χ2n) is 5.37. The molecule has 0 unspecified atom stereocenters. The summed E-state index contributed by atoms with van der Waals surface area (Å²) in [5.74, 6) is -0.340. The predicted molar refractivity (Wildman–Crippen MR) is 79.0 cm³/mol. The van der Waals surface area contributed by atoms with Gasteiger partial charge in [-0.2, -0.15) is 5.26 Å².